The van der Waals surface area contributed by atoms with Gasteiger partial charge in [-0.3, -0.25) is 9.59 Å². The number of benzene rings is 2. The van der Waals surface area contributed by atoms with Crippen molar-refractivity contribution in [2.24, 2.45) is 0 Å². The molecule has 7 nitrogen and oxygen atoms in total. The molecule has 33 heavy (non-hydrogen) atoms. The monoisotopic (exact) mass is 450 g/mol. The number of amides is 2. The molecule has 3 aromatic rings. The van der Waals surface area contributed by atoms with Crippen LogP contribution < -0.4 is 14.8 Å². The first-order chi connectivity index (χ1) is 16.0. The zero-order valence-corrected chi connectivity index (χ0v) is 19.3. The number of aryl methyl sites for hydroxylation is 1. The third-order valence-electron chi connectivity index (χ3n) is 5.39. The van der Waals surface area contributed by atoms with E-state index in [1.807, 2.05) is 48.5 Å². The standard InChI is InChI=1S/C26H30N2O5/c1-19-22(13-16-33-19)26(30)28(18-21-7-5-4-6-8-21)15-12-25(29)27-14-11-20-9-10-23(31-2)24(17-20)32-3/h4-10,13,16-17H,11-12,14-15,18H2,1-3H3,(H,27,29). The number of nitrogens with zero attached hydrogens (tertiary/aromatic N) is 1. The van der Waals surface area contributed by atoms with E-state index in [9.17, 15) is 9.59 Å². The molecular formula is C26H30N2O5. The molecule has 1 heterocycles. The lowest BCUT2D eigenvalue weighted by Gasteiger charge is -2.22. The lowest BCUT2D eigenvalue weighted by Crippen LogP contribution is -2.35. The van der Waals surface area contributed by atoms with Crippen LogP contribution in [0, 0.1) is 6.92 Å². The molecule has 0 saturated carbocycles. The van der Waals surface area contributed by atoms with Gasteiger partial charge >= 0.3 is 0 Å². The second kappa shape index (κ2) is 11.8. The Labute approximate surface area is 194 Å². The van der Waals surface area contributed by atoms with Gasteiger partial charge in [0.05, 0.1) is 26.0 Å². The second-order valence-electron chi connectivity index (χ2n) is 7.64. The summed E-state index contributed by atoms with van der Waals surface area (Å²) in [6, 6.07) is 17.1. The van der Waals surface area contributed by atoms with Crippen molar-refractivity contribution >= 4 is 11.8 Å². The zero-order chi connectivity index (χ0) is 23.6. The summed E-state index contributed by atoms with van der Waals surface area (Å²) in [6.45, 7) is 2.97. The van der Waals surface area contributed by atoms with Gasteiger partial charge in [0.25, 0.3) is 5.91 Å². The van der Waals surface area contributed by atoms with Gasteiger partial charge < -0.3 is 24.1 Å². The van der Waals surface area contributed by atoms with Crippen LogP contribution >= 0.6 is 0 Å². The number of nitrogens with one attached hydrogen (secondary N) is 1. The molecule has 2 amide bonds. The summed E-state index contributed by atoms with van der Waals surface area (Å²) < 4.78 is 15.9. The molecule has 0 unspecified atom stereocenters. The van der Waals surface area contributed by atoms with Crippen molar-refractivity contribution in [3.63, 3.8) is 0 Å². The van der Waals surface area contributed by atoms with Gasteiger partial charge in [-0.25, -0.2) is 0 Å². The Bertz CT molecular complexity index is 1060. The van der Waals surface area contributed by atoms with Crippen LogP contribution in [-0.2, 0) is 17.8 Å². The van der Waals surface area contributed by atoms with Gasteiger partial charge in [-0.2, -0.15) is 0 Å². The van der Waals surface area contributed by atoms with E-state index in [4.69, 9.17) is 13.9 Å². The quantitative estimate of drug-likeness (QED) is 0.478. The highest BCUT2D eigenvalue weighted by atomic mass is 16.5. The van der Waals surface area contributed by atoms with Gasteiger partial charge in [0.2, 0.25) is 5.91 Å². The Hall–Kier alpha value is -3.74. The summed E-state index contributed by atoms with van der Waals surface area (Å²) in [5.41, 5.74) is 2.55. The van der Waals surface area contributed by atoms with Crippen molar-refractivity contribution in [2.45, 2.75) is 26.3 Å². The van der Waals surface area contributed by atoms with Gasteiger partial charge in [0, 0.05) is 26.1 Å². The second-order valence-corrected chi connectivity index (χ2v) is 7.64. The molecule has 0 saturated heterocycles. The van der Waals surface area contributed by atoms with Crippen molar-refractivity contribution in [3.8, 4) is 11.5 Å². The summed E-state index contributed by atoms with van der Waals surface area (Å²) in [6.07, 6.45) is 2.37. The average molecular weight is 451 g/mol. The lowest BCUT2D eigenvalue weighted by atomic mass is 10.1. The van der Waals surface area contributed by atoms with Crippen LogP contribution in [0.1, 0.15) is 33.7 Å². The van der Waals surface area contributed by atoms with Gasteiger partial charge in [0.1, 0.15) is 5.76 Å². The van der Waals surface area contributed by atoms with E-state index >= 15 is 0 Å². The highest BCUT2D eigenvalue weighted by molar-refractivity contribution is 5.95. The Morgan fingerprint density at radius 1 is 0.970 bits per heavy atom. The van der Waals surface area contributed by atoms with E-state index in [1.54, 1.807) is 32.1 Å². The van der Waals surface area contributed by atoms with Crippen LogP contribution in [0.25, 0.3) is 0 Å². The first-order valence-electron chi connectivity index (χ1n) is 10.9. The Morgan fingerprint density at radius 2 is 1.73 bits per heavy atom. The average Bonchev–Trinajstić information content (AvgIpc) is 3.27. The molecule has 0 atom stereocenters. The van der Waals surface area contributed by atoms with Crippen LogP contribution in [0.5, 0.6) is 11.5 Å². The van der Waals surface area contributed by atoms with Crippen molar-refractivity contribution in [2.75, 3.05) is 27.3 Å². The number of ether oxygens (including phenoxy) is 2. The van der Waals surface area contributed by atoms with E-state index in [0.29, 0.717) is 48.9 Å². The Kier molecular flexibility index (Phi) is 8.52. The maximum absolute atomic E-state index is 13.1. The number of methoxy groups -OCH3 is 2. The lowest BCUT2D eigenvalue weighted by molar-refractivity contribution is -0.121. The van der Waals surface area contributed by atoms with Gasteiger partial charge in [-0.15, -0.1) is 0 Å². The molecule has 7 heteroatoms. The zero-order valence-electron chi connectivity index (χ0n) is 19.3. The number of rotatable bonds is 11. The van der Waals surface area contributed by atoms with Crippen LogP contribution in [0.4, 0.5) is 0 Å². The van der Waals surface area contributed by atoms with Crippen LogP contribution in [0.15, 0.2) is 65.3 Å². The van der Waals surface area contributed by atoms with E-state index in [0.717, 1.165) is 11.1 Å². The van der Waals surface area contributed by atoms with E-state index < -0.39 is 0 Å². The Morgan fingerprint density at radius 3 is 2.39 bits per heavy atom. The van der Waals surface area contributed by atoms with E-state index in [2.05, 4.69) is 5.32 Å². The predicted molar refractivity (Wildman–Crippen MR) is 126 cm³/mol. The summed E-state index contributed by atoms with van der Waals surface area (Å²) in [5.74, 6) is 1.64. The summed E-state index contributed by atoms with van der Waals surface area (Å²) >= 11 is 0. The maximum atomic E-state index is 13.1. The summed E-state index contributed by atoms with van der Waals surface area (Å²) in [5, 5.41) is 2.93. The molecule has 0 spiro atoms. The SMILES string of the molecule is COc1ccc(CCNC(=O)CCN(Cc2ccccc2)C(=O)c2ccoc2C)cc1OC. The largest absolute Gasteiger partial charge is 0.493 e. The van der Waals surface area contributed by atoms with Crippen molar-refractivity contribution in [3.05, 3.63) is 83.3 Å². The molecule has 1 aromatic heterocycles. The molecule has 0 fully saturated rings. The molecule has 0 aliphatic carbocycles. The highest BCUT2D eigenvalue weighted by Gasteiger charge is 2.20. The summed E-state index contributed by atoms with van der Waals surface area (Å²) in [7, 11) is 3.19. The minimum Gasteiger partial charge on any atom is -0.493 e. The third kappa shape index (κ3) is 6.62. The smallest absolute Gasteiger partial charge is 0.257 e. The number of hydrogen-bond acceptors (Lipinski definition) is 5. The molecular weight excluding hydrogens is 420 g/mol. The summed E-state index contributed by atoms with van der Waals surface area (Å²) in [4.78, 5) is 27.2. The fourth-order valence-corrected chi connectivity index (χ4v) is 3.54. The number of carbonyl (C=O) groups excluding carboxylic acids is 2. The molecule has 0 bridgehead atoms. The van der Waals surface area contributed by atoms with Crippen molar-refractivity contribution in [1.82, 2.24) is 10.2 Å². The van der Waals surface area contributed by atoms with Crippen LogP contribution in [-0.4, -0.2) is 44.0 Å². The molecule has 174 valence electrons. The van der Waals surface area contributed by atoms with Crippen molar-refractivity contribution < 1.29 is 23.5 Å². The normalized spacial score (nSPS) is 10.5. The molecule has 0 radical (unpaired) electrons. The molecule has 2 aromatic carbocycles. The maximum Gasteiger partial charge on any atom is 0.257 e. The number of hydrogen-bond donors (Lipinski definition) is 1. The molecule has 3 rings (SSSR count). The minimum absolute atomic E-state index is 0.106. The first-order valence-corrected chi connectivity index (χ1v) is 10.9. The van der Waals surface area contributed by atoms with Gasteiger partial charge in [0.15, 0.2) is 11.5 Å². The number of furan rings is 1. The van der Waals surface area contributed by atoms with E-state index in [1.165, 1.54) is 6.26 Å². The predicted octanol–water partition coefficient (Wildman–Crippen LogP) is 4.00. The van der Waals surface area contributed by atoms with Gasteiger partial charge in [-0.05, 0) is 42.7 Å². The molecule has 0 aliphatic heterocycles. The fraction of sp³-hybridized carbons (Fsp3) is 0.308. The van der Waals surface area contributed by atoms with E-state index in [-0.39, 0.29) is 18.2 Å². The van der Waals surface area contributed by atoms with Gasteiger partial charge in [-0.1, -0.05) is 36.4 Å². The fourth-order valence-electron chi connectivity index (χ4n) is 3.54. The Balaban J connectivity index is 1.55. The minimum atomic E-state index is -0.150. The van der Waals surface area contributed by atoms with Crippen LogP contribution in [0.3, 0.4) is 0 Å². The third-order valence-corrected chi connectivity index (χ3v) is 5.39. The topological polar surface area (TPSA) is 81.0 Å². The first kappa shape index (κ1) is 23.9. The van der Waals surface area contributed by atoms with Crippen molar-refractivity contribution in [1.29, 1.82) is 0 Å². The molecule has 1 N–H and O–H groups in total. The highest BCUT2D eigenvalue weighted by Crippen LogP contribution is 2.27. The molecule has 0 aliphatic rings. The number of carbonyl (C=O) groups is 2. The van der Waals surface area contributed by atoms with Crippen LogP contribution in [0.2, 0.25) is 0 Å².